The number of aromatic nitrogens is 3. The number of carbonyl (C=O) groups excluding carboxylic acids is 2. The van der Waals surface area contributed by atoms with Gasteiger partial charge in [0.1, 0.15) is 0 Å². The van der Waals surface area contributed by atoms with Crippen LogP contribution in [0.15, 0.2) is 18.2 Å². The Hall–Kier alpha value is -2.70. The minimum Gasteiger partial charge on any atom is -0.451 e. The molecule has 1 heterocycles. The molecule has 0 saturated heterocycles. The molecule has 134 valence electrons. The van der Waals surface area contributed by atoms with Crippen molar-refractivity contribution in [2.45, 2.75) is 47.1 Å². The topological polar surface area (TPSA) is 86.1 Å². The minimum atomic E-state index is -0.659. The Morgan fingerprint density at radius 2 is 1.96 bits per heavy atom. The molecule has 1 aromatic heterocycles. The van der Waals surface area contributed by atoms with Crippen molar-refractivity contribution in [2.24, 2.45) is 0 Å². The van der Waals surface area contributed by atoms with Gasteiger partial charge in [0.2, 0.25) is 0 Å². The lowest BCUT2D eigenvalue weighted by molar-refractivity contribution is -0.124. The molecule has 1 amide bonds. The fraction of sp³-hybridized carbons (Fsp3) is 0.444. The molecule has 25 heavy (non-hydrogen) atoms. The summed E-state index contributed by atoms with van der Waals surface area (Å²) in [5.74, 6) is -0.991. The van der Waals surface area contributed by atoms with Crippen LogP contribution in [0.4, 0.5) is 0 Å². The maximum absolute atomic E-state index is 12.2. The van der Waals surface area contributed by atoms with Crippen LogP contribution in [0.1, 0.15) is 47.6 Å². The van der Waals surface area contributed by atoms with E-state index in [1.165, 1.54) is 4.80 Å². The highest BCUT2D eigenvalue weighted by molar-refractivity contribution is 5.90. The number of carbonyl (C=O) groups is 2. The molecule has 0 aliphatic carbocycles. The molecule has 0 spiro atoms. The van der Waals surface area contributed by atoms with Gasteiger partial charge in [-0.25, -0.2) is 4.79 Å². The summed E-state index contributed by atoms with van der Waals surface area (Å²) in [6.07, 6.45) is 0.809. The maximum atomic E-state index is 12.2. The van der Waals surface area contributed by atoms with Crippen LogP contribution in [0.25, 0.3) is 5.69 Å². The fourth-order valence-corrected chi connectivity index (χ4v) is 2.32. The van der Waals surface area contributed by atoms with Crippen molar-refractivity contribution in [1.29, 1.82) is 0 Å². The van der Waals surface area contributed by atoms with E-state index < -0.39 is 5.97 Å². The van der Waals surface area contributed by atoms with Crippen LogP contribution in [-0.4, -0.2) is 39.5 Å². The van der Waals surface area contributed by atoms with E-state index >= 15 is 0 Å². The summed E-state index contributed by atoms with van der Waals surface area (Å²) in [6, 6.07) is 5.92. The summed E-state index contributed by atoms with van der Waals surface area (Å²) in [6.45, 7) is 9.16. The summed E-state index contributed by atoms with van der Waals surface area (Å²) in [5.41, 5.74) is 3.49. The van der Waals surface area contributed by atoms with Gasteiger partial charge in [-0.2, -0.15) is 9.90 Å². The third kappa shape index (κ3) is 4.65. The predicted octanol–water partition coefficient (Wildman–Crippen LogP) is 2.26. The van der Waals surface area contributed by atoms with Gasteiger partial charge in [-0.3, -0.25) is 4.79 Å². The molecule has 1 aromatic carbocycles. The monoisotopic (exact) mass is 344 g/mol. The van der Waals surface area contributed by atoms with Crippen LogP contribution in [0.2, 0.25) is 0 Å². The SMILES string of the molecule is CC[C@@H](C)NC(=O)COC(=O)c1nn(-c2ccc(C)cc2C)nc1C. The van der Waals surface area contributed by atoms with Gasteiger partial charge in [-0.15, -0.1) is 5.10 Å². The Kier molecular flexibility index (Phi) is 5.90. The van der Waals surface area contributed by atoms with Gasteiger partial charge in [-0.05, 0) is 45.7 Å². The van der Waals surface area contributed by atoms with E-state index in [-0.39, 0.29) is 24.2 Å². The van der Waals surface area contributed by atoms with Crippen molar-refractivity contribution in [3.8, 4) is 5.69 Å². The summed E-state index contributed by atoms with van der Waals surface area (Å²) in [7, 11) is 0. The first kappa shape index (κ1) is 18.6. The van der Waals surface area contributed by atoms with E-state index in [9.17, 15) is 9.59 Å². The molecule has 2 aromatic rings. The van der Waals surface area contributed by atoms with E-state index in [0.29, 0.717) is 5.69 Å². The highest BCUT2D eigenvalue weighted by Crippen LogP contribution is 2.15. The van der Waals surface area contributed by atoms with Crippen LogP contribution in [0, 0.1) is 20.8 Å². The Balaban J connectivity index is 2.09. The van der Waals surface area contributed by atoms with Crippen molar-refractivity contribution in [2.75, 3.05) is 6.61 Å². The fourth-order valence-electron chi connectivity index (χ4n) is 2.32. The van der Waals surface area contributed by atoms with Gasteiger partial charge < -0.3 is 10.1 Å². The average molecular weight is 344 g/mol. The van der Waals surface area contributed by atoms with Gasteiger partial charge in [0, 0.05) is 6.04 Å². The summed E-state index contributed by atoms with van der Waals surface area (Å²) in [4.78, 5) is 25.3. The molecule has 7 nitrogen and oxygen atoms in total. The molecule has 0 fully saturated rings. The number of ether oxygens (including phenoxy) is 1. The van der Waals surface area contributed by atoms with Crippen molar-refractivity contribution in [3.63, 3.8) is 0 Å². The van der Waals surface area contributed by atoms with Gasteiger partial charge in [0.25, 0.3) is 5.91 Å². The number of aryl methyl sites for hydroxylation is 3. The average Bonchev–Trinajstić information content (AvgIpc) is 2.94. The third-order valence-corrected chi connectivity index (χ3v) is 3.90. The number of benzene rings is 1. The van der Waals surface area contributed by atoms with Crippen molar-refractivity contribution in [3.05, 3.63) is 40.7 Å². The molecule has 1 atom stereocenters. The minimum absolute atomic E-state index is 0.0401. The predicted molar refractivity (Wildman–Crippen MR) is 93.7 cm³/mol. The lowest BCUT2D eigenvalue weighted by atomic mass is 10.1. The summed E-state index contributed by atoms with van der Waals surface area (Å²) < 4.78 is 5.05. The zero-order valence-electron chi connectivity index (χ0n) is 15.3. The van der Waals surface area contributed by atoms with Gasteiger partial charge >= 0.3 is 5.97 Å². The van der Waals surface area contributed by atoms with Crippen LogP contribution < -0.4 is 5.32 Å². The van der Waals surface area contributed by atoms with Crippen LogP contribution in [-0.2, 0) is 9.53 Å². The van der Waals surface area contributed by atoms with Gasteiger partial charge in [-0.1, -0.05) is 24.6 Å². The van der Waals surface area contributed by atoms with Crippen molar-refractivity contribution < 1.29 is 14.3 Å². The molecule has 1 N–H and O–H groups in total. The summed E-state index contributed by atoms with van der Waals surface area (Å²) >= 11 is 0. The third-order valence-electron chi connectivity index (χ3n) is 3.90. The highest BCUT2D eigenvalue weighted by atomic mass is 16.5. The van der Waals surface area contributed by atoms with E-state index in [1.54, 1.807) is 6.92 Å². The molecule has 7 heteroatoms. The zero-order chi connectivity index (χ0) is 18.6. The lowest BCUT2D eigenvalue weighted by Crippen LogP contribution is -2.35. The Labute approximate surface area is 147 Å². The molecule has 0 bridgehead atoms. The molecule has 0 saturated carbocycles. The standard InChI is InChI=1S/C18H24N4O3/c1-6-13(4)19-16(23)10-25-18(24)17-14(5)20-22(21-17)15-8-7-11(2)9-12(15)3/h7-9,13H,6,10H2,1-5H3,(H,19,23)/t13-/m1/s1. The second kappa shape index (κ2) is 7.92. The zero-order valence-corrected chi connectivity index (χ0v) is 15.3. The van der Waals surface area contributed by atoms with Crippen LogP contribution >= 0.6 is 0 Å². The number of esters is 1. The van der Waals surface area contributed by atoms with Crippen molar-refractivity contribution in [1.82, 2.24) is 20.3 Å². The van der Waals surface area contributed by atoms with E-state index in [4.69, 9.17) is 4.74 Å². The first-order valence-electron chi connectivity index (χ1n) is 8.29. The number of hydrogen-bond donors (Lipinski definition) is 1. The van der Waals surface area contributed by atoms with E-state index in [0.717, 1.165) is 23.2 Å². The molecule has 0 unspecified atom stereocenters. The maximum Gasteiger partial charge on any atom is 0.361 e. The normalized spacial score (nSPS) is 11.9. The van der Waals surface area contributed by atoms with Crippen LogP contribution in [0.5, 0.6) is 0 Å². The number of rotatable bonds is 6. The van der Waals surface area contributed by atoms with Gasteiger partial charge in [0.15, 0.2) is 12.3 Å². The summed E-state index contributed by atoms with van der Waals surface area (Å²) in [5, 5.41) is 11.2. The first-order valence-corrected chi connectivity index (χ1v) is 8.29. The van der Waals surface area contributed by atoms with Crippen LogP contribution in [0.3, 0.4) is 0 Å². The molecule has 2 rings (SSSR count). The number of hydrogen-bond acceptors (Lipinski definition) is 5. The number of nitrogens with zero attached hydrogens (tertiary/aromatic N) is 3. The highest BCUT2D eigenvalue weighted by Gasteiger charge is 2.19. The quantitative estimate of drug-likeness (QED) is 0.812. The Bertz CT molecular complexity index is 783. The number of amides is 1. The Morgan fingerprint density at radius 3 is 2.60 bits per heavy atom. The van der Waals surface area contributed by atoms with E-state index in [2.05, 4.69) is 15.5 Å². The molecular formula is C18H24N4O3. The first-order chi connectivity index (χ1) is 11.8. The molecular weight excluding hydrogens is 320 g/mol. The second-order valence-electron chi connectivity index (χ2n) is 6.17. The lowest BCUT2D eigenvalue weighted by Gasteiger charge is -2.11. The molecule has 0 aliphatic heterocycles. The Morgan fingerprint density at radius 1 is 1.24 bits per heavy atom. The molecule has 0 radical (unpaired) electrons. The van der Waals surface area contributed by atoms with Gasteiger partial charge in [0.05, 0.1) is 11.4 Å². The number of nitrogens with one attached hydrogen (secondary N) is 1. The second-order valence-corrected chi connectivity index (χ2v) is 6.17. The van der Waals surface area contributed by atoms with Crippen molar-refractivity contribution >= 4 is 11.9 Å². The largest absolute Gasteiger partial charge is 0.451 e. The smallest absolute Gasteiger partial charge is 0.361 e. The molecule has 0 aliphatic rings. The van der Waals surface area contributed by atoms with E-state index in [1.807, 2.05) is 45.9 Å².